The lowest BCUT2D eigenvalue weighted by Crippen LogP contribution is -2.12. The Kier molecular flexibility index (Phi) is 5.90. The lowest BCUT2D eigenvalue weighted by Gasteiger charge is -2.10. The van der Waals surface area contributed by atoms with Gasteiger partial charge >= 0.3 is 12.0 Å². The Bertz CT molecular complexity index is 394. The molecule has 0 spiro atoms. The van der Waals surface area contributed by atoms with Crippen molar-refractivity contribution in [3.05, 3.63) is 12.2 Å². The predicted molar refractivity (Wildman–Crippen MR) is 70.1 cm³/mol. The fourth-order valence-corrected chi connectivity index (χ4v) is 1.12. The van der Waals surface area contributed by atoms with Gasteiger partial charge in [-0.25, -0.2) is 0 Å². The van der Waals surface area contributed by atoms with Gasteiger partial charge in [0.2, 0.25) is 5.95 Å². The van der Waals surface area contributed by atoms with Crippen molar-refractivity contribution in [2.24, 2.45) is 0 Å². The van der Waals surface area contributed by atoms with E-state index in [1.165, 1.54) is 0 Å². The molecule has 0 aliphatic heterocycles. The standard InChI is InChI=1S/C12H20N4O2/c1-5-7-8-17-11-14-10(13-6-2)15-12(16-11)18-9(3)4/h5,7,9H,6,8H2,1-4H3,(H,13,14,15,16)/b7-5+. The molecule has 1 rings (SSSR count). The maximum Gasteiger partial charge on any atom is 0.324 e. The average Bonchev–Trinajstić information content (AvgIpc) is 2.28. The molecular weight excluding hydrogens is 232 g/mol. The summed E-state index contributed by atoms with van der Waals surface area (Å²) in [6.45, 7) is 8.86. The van der Waals surface area contributed by atoms with Gasteiger partial charge in [-0.05, 0) is 27.7 Å². The molecule has 0 atom stereocenters. The van der Waals surface area contributed by atoms with E-state index in [0.717, 1.165) is 6.54 Å². The quantitative estimate of drug-likeness (QED) is 0.749. The molecule has 1 aromatic heterocycles. The Hall–Kier alpha value is -1.85. The first-order valence-corrected chi connectivity index (χ1v) is 6.06. The zero-order chi connectivity index (χ0) is 13.4. The molecular formula is C12H20N4O2. The molecule has 6 nitrogen and oxygen atoms in total. The van der Waals surface area contributed by atoms with Crippen molar-refractivity contribution in [2.45, 2.75) is 33.8 Å². The van der Waals surface area contributed by atoms with Crippen molar-refractivity contribution in [2.75, 3.05) is 18.5 Å². The third-order valence-corrected chi connectivity index (χ3v) is 1.81. The molecule has 0 saturated carbocycles. The fraction of sp³-hybridized carbons (Fsp3) is 0.583. The maximum absolute atomic E-state index is 5.45. The molecule has 0 aromatic carbocycles. The highest BCUT2D eigenvalue weighted by atomic mass is 16.5. The van der Waals surface area contributed by atoms with Gasteiger partial charge in [-0.2, -0.15) is 9.97 Å². The molecule has 1 aromatic rings. The number of ether oxygens (including phenoxy) is 2. The summed E-state index contributed by atoms with van der Waals surface area (Å²) in [5, 5.41) is 3.01. The molecule has 0 aliphatic carbocycles. The minimum Gasteiger partial charge on any atom is -0.461 e. The SMILES string of the molecule is C/C=C/COc1nc(NCC)nc(OC(C)C)n1. The molecule has 18 heavy (non-hydrogen) atoms. The Balaban J connectivity index is 2.83. The van der Waals surface area contributed by atoms with Crippen LogP contribution in [0.4, 0.5) is 5.95 Å². The summed E-state index contributed by atoms with van der Waals surface area (Å²) in [6, 6.07) is 0.529. The van der Waals surface area contributed by atoms with E-state index in [-0.39, 0.29) is 18.1 Å². The lowest BCUT2D eigenvalue weighted by molar-refractivity contribution is 0.215. The Labute approximate surface area is 107 Å². The van der Waals surface area contributed by atoms with Crippen LogP contribution in [0.2, 0.25) is 0 Å². The summed E-state index contributed by atoms with van der Waals surface area (Å²) >= 11 is 0. The summed E-state index contributed by atoms with van der Waals surface area (Å²) in [5.74, 6) is 0.457. The number of anilines is 1. The van der Waals surface area contributed by atoms with E-state index >= 15 is 0 Å². The van der Waals surface area contributed by atoms with Crippen molar-refractivity contribution >= 4 is 5.95 Å². The number of hydrogen-bond donors (Lipinski definition) is 1. The number of allylic oxidation sites excluding steroid dienone is 1. The first kappa shape index (κ1) is 14.2. The Morgan fingerprint density at radius 3 is 2.56 bits per heavy atom. The third-order valence-electron chi connectivity index (χ3n) is 1.81. The normalized spacial score (nSPS) is 10.9. The first-order chi connectivity index (χ1) is 8.65. The van der Waals surface area contributed by atoms with Gasteiger partial charge in [0.15, 0.2) is 0 Å². The molecule has 100 valence electrons. The van der Waals surface area contributed by atoms with E-state index in [4.69, 9.17) is 9.47 Å². The second-order valence-electron chi connectivity index (χ2n) is 3.80. The lowest BCUT2D eigenvalue weighted by atomic mass is 10.5. The van der Waals surface area contributed by atoms with E-state index in [9.17, 15) is 0 Å². The van der Waals surface area contributed by atoms with Crippen LogP contribution in [0.15, 0.2) is 12.2 Å². The monoisotopic (exact) mass is 252 g/mol. The summed E-state index contributed by atoms with van der Waals surface area (Å²) in [6.07, 6.45) is 3.78. The van der Waals surface area contributed by atoms with Crippen molar-refractivity contribution < 1.29 is 9.47 Å². The summed E-state index contributed by atoms with van der Waals surface area (Å²) in [5.41, 5.74) is 0. The van der Waals surface area contributed by atoms with E-state index in [1.807, 2.05) is 39.8 Å². The molecule has 0 aliphatic rings. The highest BCUT2D eigenvalue weighted by molar-refractivity contribution is 5.27. The van der Waals surface area contributed by atoms with Crippen LogP contribution in [0.1, 0.15) is 27.7 Å². The molecule has 0 unspecified atom stereocenters. The van der Waals surface area contributed by atoms with Crippen LogP contribution in [0.25, 0.3) is 0 Å². The van der Waals surface area contributed by atoms with Crippen molar-refractivity contribution in [3.8, 4) is 12.0 Å². The molecule has 1 N–H and O–H groups in total. The zero-order valence-corrected chi connectivity index (χ0v) is 11.3. The van der Waals surface area contributed by atoms with Crippen LogP contribution in [0.5, 0.6) is 12.0 Å². The van der Waals surface area contributed by atoms with Crippen LogP contribution in [-0.2, 0) is 0 Å². The topological polar surface area (TPSA) is 69.2 Å². The van der Waals surface area contributed by atoms with Crippen LogP contribution < -0.4 is 14.8 Å². The molecule has 6 heteroatoms. The van der Waals surface area contributed by atoms with Crippen molar-refractivity contribution in [1.29, 1.82) is 0 Å². The number of nitrogens with one attached hydrogen (secondary N) is 1. The minimum absolute atomic E-state index is 0.00487. The second kappa shape index (κ2) is 7.47. The van der Waals surface area contributed by atoms with Crippen LogP contribution >= 0.6 is 0 Å². The highest BCUT2D eigenvalue weighted by Gasteiger charge is 2.09. The Morgan fingerprint density at radius 1 is 1.22 bits per heavy atom. The van der Waals surface area contributed by atoms with Gasteiger partial charge in [0.1, 0.15) is 6.61 Å². The number of hydrogen-bond acceptors (Lipinski definition) is 6. The van der Waals surface area contributed by atoms with Crippen LogP contribution in [0, 0.1) is 0 Å². The third kappa shape index (κ3) is 4.99. The second-order valence-corrected chi connectivity index (χ2v) is 3.80. The van der Waals surface area contributed by atoms with Gasteiger partial charge in [-0.1, -0.05) is 12.2 Å². The molecule has 1 heterocycles. The van der Waals surface area contributed by atoms with Gasteiger partial charge in [0, 0.05) is 6.54 Å². The van der Waals surface area contributed by atoms with E-state index < -0.39 is 0 Å². The summed E-state index contributed by atoms with van der Waals surface area (Å²) in [7, 11) is 0. The van der Waals surface area contributed by atoms with Crippen molar-refractivity contribution in [1.82, 2.24) is 15.0 Å². The van der Waals surface area contributed by atoms with Gasteiger partial charge in [-0.3, -0.25) is 0 Å². The van der Waals surface area contributed by atoms with E-state index in [2.05, 4.69) is 20.3 Å². The summed E-state index contributed by atoms with van der Waals surface area (Å²) in [4.78, 5) is 12.4. The fourth-order valence-electron chi connectivity index (χ4n) is 1.12. The number of aromatic nitrogens is 3. The summed E-state index contributed by atoms with van der Waals surface area (Å²) < 4.78 is 10.8. The Morgan fingerprint density at radius 2 is 1.94 bits per heavy atom. The smallest absolute Gasteiger partial charge is 0.324 e. The zero-order valence-electron chi connectivity index (χ0n) is 11.3. The predicted octanol–water partition coefficient (Wildman–Crippen LogP) is 2.05. The molecule has 0 amide bonds. The molecule has 0 saturated heterocycles. The number of nitrogens with zero attached hydrogens (tertiary/aromatic N) is 3. The van der Waals surface area contributed by atoms with Gasteiger partial charge in [0.05, 0.1) is 6.10 Å². The van der Waals surface area contributed by atoms with Gasteiger partial charge < -0.3 is 14.8 Å². The molecule has 0 radical (unpaired) electrons. The van der Waals surface area contributed by atoms with Crippen LogP contribution in [-0.4, -0.2) is 34.2 Å². The number of rotatable bonds is 7. The maximum atomic E-state index is 5.45. The average molecular weight is 252 g/mol. The molecule has 0 fully saturated rings. The van der Waals surface area contributed by atoms with Crippen LogP contribution in [0.3, 0.4) is 0 Å². The molecule has 0 bridgehead atoms. The minimum atomic E-state index is 0.00487. The van der Waals surface area contributed by atoms with Crippen molar-refractivity contribution in [3.63, 3.8) is 0 Å². The van der Waals surface area contributed by atoms with E-state index in [0.29, 0.717) is 12.6 Å². The van der Waals surface area contributed by atoms with Gasteiger partial charge in [-0.15, -0.1) is 4.98 Å². The highest BCUT2D eigenvalue weighted by Crippen LogP contribution is 2.14. The first-order valence-electron chi connectivity index (χ1n) is 6.06. The van der Waals surface area contributed by atoms with Gasteiger partial charge in [0.25, 0.3) is 0 Å². The largest absolute Gasteiger partial charge is 0.461 e. The van der Waals surface area contributed by atoms with E-state index in [1.54, 1.807) is 0 Å².